The van der Waals surface area contributed by atoms with Crippen molar-refractivity contribution in [3.63, 3.8) is 0 Å². The highest BCUT2D eigenvalue weighted by atomic mass is 79.9. The molecule has 3 nitrogen and oxygen atoms in total. The van der Waals surface area contributed by atoms with E-state index in [4.69, 9.17) is 16.3 Å². The molecule has 0 spiro atoms. The number of carbonyl (C=O) groups excluding carboxylic acids is 1. The minimum Gasteiger partial charge on any atom is -0.496 e. The van der Waals surface area contributed by atoms with Crippen molar-refractivity contribution >= 4 is 33.3 Å². The second-order valence-corrected chi connectivity index (χ2v) is 6.06. The van der Waals surface area contributed by atoms with Crippen LogP contribution in [0.5, 0.6) is 5.75 Å². The second-order valence-electron chi connectivity index (χ2n) is 4.77. The molecule has 0 aliphatic heterocycles. The van der Waals surface area contributed by atoms with E-state index in [0.717, 1.165) is 21.3 Å². The molecule has 0 amide bonds. The molecule has 0 bridgehead atoms. The Hall–Kier alpha value is -1.39. The van der Waals surface area contributed by atoms with Gasteiger partial charge in [0.15, 0.2) is 5.78 Å². The first-order chi connectivity index (χ1) is 9.93. The zero-order chi connectivity index (χ0) is 15.6. The van der Waals surface area contributed by atoms with Crippen LogP contribution < -0.4 is 4.74 Å². The van der Waals surface area contributed by atoms with Crippen LogP contribution in [0, 0.1) is 13.8 Å². The van der Waals surface area contributed by atoms with Crippen molar-refractivity contribution in [3.8, 4) is 5.75 Å². The van der Waals surface area contributed by atoms with Crippen LogP contribution in [0.25, 0.3) is 0 Å². The van der Waals surface area contributed by atoms with Crippen LogP contribution >= 0.6 is 27.5 Å². The molecule has 5 heteroatoms. The molecule has 21 heavy (non-hydrogen) atoms. The Labute approximate surface area is 137 Å². The molecule has 0 unspecified atom stereocenters. The lowest BCUT2D eigenvalue weighted by molar-refractivity contribution is 0.0991. The van der Waals surface area contributed by atoms with Crippen molar-refractivity contribution in [2.75, 3.05) is 7.11 Å². The Morgan fingerprint density at radius 2 is 2.10 bits per heavy atom. The third kappa shape index (κ3) is 3.44. The third-order valence-corrected chi connectivity index (χ3v) is 4.23. The number of Topliss-reactive ketones (excluding diaryl/α,β-unsaturated/α-hetero) is 1. The van der Waals surface area contributed by atoms with Gasteiger partial charge in [0.2, 0.25) is 0 Å². The van der Waals surface area contributed by atoms with Crippen LogP contribution in [-0.4, -0.2) is 17.9 Å². The molecule has 2 aromatic rings. The highest BCUT2D eigenvalue weighted by Crippen LogP contribution is 2.26. The van der Waals surface area contributed by atoms with Crippen molar-refractivity contribution < 1.29 is 9.53 Å². The van der Waals surface area contributed by atoms with Crippen molar-refractivity contribution in [1.29, 1.82) is 0 Å². The number of carbonyl (C=O) groups is 1. The number of hydrogen-bond donors (Lipinski definition) is 0. The zero-order valence-corrected chi connectivity index (χ0v) is 14.4. The van der Waals surface area contributed by atoms with E-state index in [1.165, 1.54) is 0 Å². The first kappa shape index (κ1) is 16.0. The number of nitrogens with zero attached hydrogens (tertiary/aromatic N) is 1. The highest BCUT2D eigenvalue weighted by molar-refractivity contribution is 9.10. The minimum atomic E-state index is -0.0362. The van der Waals surface area contributed by atoms with Crippen molar-refractivity contribution in [3.05, 3.63) is 56.3 Å². The molecule has 110 valence electrons. The average molecular weight is 369 g/mol. The quantitative estimate of drug-likeness (QED) is 0.743. The van der Waals surface area contributed by atoms with E-state index in [9.17, 15) is 4.79 Å². The van der Waals surface area contributed by atoms with E-state index in [1.54, 1.807) is 31.5 Å². The molecule has 0 aliphatic carbocycles. The Morgan fingerprint density at radius 3 is 2.76 bits per heavy atom. The Bertz CT molecular complexity index is 701. The first-order valence-corrected chi connectivity index (χ1v) is 7.58. The molecular weight excluding hydrogens is 354 g/mol. The van der Waals surface area contributed by atoms with Gasteiger partial charge in [-0.05, 0) is 32.0 Å². The van der Waals surface area contributed by atoms with Gasteiger partial charge >= 0.3 is 0 Å². The number of rotatable bonds is 4. The fraction of sp³-hybridized carbons (Fsp3) is 0.250. The topological polar surface area (TPSA) is 39.2 Å². The normalized spacial score (nSPS) is 10.5. The zero-order valence-electron chi connectivity index (χ0n) is 12.0. The molecule has 0 aliphatic rings. The molecule has 1 heterocycles. The van der Waals surface area contributed by atoms with E-state index in [0.29, 0.717) is 16.3 Å². The summed E-state index contributed by atoms with van der Waals surface area (Å²) >= 11 is 9.33. The number of halogens is 2. The van der Waals surface area contributed by atoms with Gasteiger partial charge in [-0.15, -0.1) is 0 Å². The number of aryl methyl sites for hydroxylation is 1. The van der Waals surface area contributed by atoms with Crippen molar-refractivity contribution in [2.24, 2.45) is 0 Å². The molecule has 2 rings (SSSR count). The smallest absolute Gasteiger partial charge is 0.170 e. The highest BCUT2D eigenvalue weighted by Gasteiger charge is 2.16. The summed E-state index contributed by atoms with van der Waals surface area (Å²) in [7, 11) is 1.62. The van der Waals surface area contributed by atoms with E-state index in [2.05, 4.69) is 20.9 Å². The summed E-state index contributed by atoms with van der Waals surface area (Å²) < 4.78 is 6.10. The summed E-state index contributed by atoms with van der Waals surface area (Å²) in [6.45, 7) is 3.84. The fourth-order valence-corrected chi connectivity index (χ4v) is 2.85. The van der Waals surface area contributed by atoms with Gasteiger partial charge in [-0.2, -0.15) is 0 Å². The lowest BCUT2D eigenvalue weighted by atomic mass is 10.0. The number of aromatic nitrogens is 1. The first-order valence-electron chi connectivity index (χ1n) is 6.41. The van der Waals surface area contributed by atoms with Crippen molar-refractivity contribution in [1.82, 2.24) is 4.98 Å². The van der Waals surface area contributed by atoms with E-state index in [1.807, 2.05) is 13.8 Å². The molecule has 0 atom stereocenters. The number of pyridine rings is 1. The van der Waals surface area contributed by atoms with Crippen LogP contribution in [0.4, 0.5) is 0 Å². The molecule has 1 aromatic carbocycles. The van der Waals surface area contributed by atoms with Gasteiger partial charge in [-0.3, -0.25) is 9.78 Å². The van der Waals surface area contributed by atoms with Crippen molar-refractivity contribution in [2.45, 2.75) is 20.3 Å². The van der Waals surface area contributed by atoms with Gasteiger partial charge in [0.1, 0.15) is 5.75 Å². The standard InChI is InChI=1S/C16H15BrClNO2/c1-9-8-19-14(10(2)16(9)21-3)7-15(20)12-6-11(18)4-5-13(12)17/h4-6,8H,7H2,1-3H3. The third-order valence-electron chi connectivity index (χ3n) is 3.31. The Kier molecular flexibility index (Phi) is 5.01. The maximum Gasteiger partial charge on any atom is 0.170 e. The van der Waals surface area contributed by atoms with Gasteiger partial charge in [0.05, 0.1) is 19.2 Å². The van der Waals surface area contributed by atoms with Gasteiger partial charge in [0, 0.05) is 32.4 Å². The fourth-order valence-electron chi connectivity index (χ4n) is 2.21. The Morgan fingerprint density at radius 1 is 1.38 bits per heavy atom. The van der Waals surface area contributed by atoms with E-state index < -0.39 is 0 Å². The molecule has 0 fully saturated rings. The molecule has 1 aromatic heterocycles. The second kappa shape index (κ2) is 6.58. The Balaban J connectivity index is 2.34. The monoisotopic (exact) mass is 367 g/mol. The van der Waals surface area contributed by atoms with Gasteiger partial charge in [-0.1, -0.05) is 27.5 Å². The van der Waals surface area contributed by atoms with Crippen LogP contribution in [0.3, 0.4) is 0 Å². The summed E-state index contributed by atoms with van der Waals surface area (Å²) in [6, 6.07) is 5.17. The maximum atomic E-state index is 12.5. The summed E-state index contributed by atoms with van der Waals surface area (Å²) in [4.78, 5) is 16.8. The van der Waals surface area contributed by atoms with Crippen LogP contribution in [-0.2, 0) is 6.42 Å². The molecular formula is C16H15BrClNO2. The summed E-state index contributed by atoms with van der Waals surface area (Å²) in [6.07, 6.45) is 1.93. The summed E-state index contributed by atoms with van der Waals surface area (Å²) in [5, 5.41) is 0.535. The van der Waals surface area contributed by atoms with Crippen LogP contribution in [0.1, 0.15) is 27.2 Å². The molecule has 0 N–H and O–H groups in total. The maximum absolute atomic E-state index is 12.5. The average Bonchev–Trinajstić information content (AvgIpc) is 2.45. The molecule has 0 saturated carbocycles. The van der Waals surface area contributed by atoms with Gasteiger partial charge in [-0.25, -0.2) is 0 Å². The number of ether oxygens (including phenoxy) is 1. The molecule has 0 radical (unpaired) electrons. The lowest BCUT2D eigenvalue weighted by Gasteiger charge is -2.12. The number of ketones is 1. The lowest BCUT2D eigenvalue weighted by Crippen LogP contribution is -2.09. The molecule has 0 saturated heterocycles. The predicted molar refractivity (Wildman–Crippen MR) is 87.4 cm³/mol. The van der Waals surface area contributed by atoms with Crippen LogP contribution in [0.15, 0.2) is 28.9 Å². The predicted octanol–water partition coefficient (Wildman–Crippen LogP) is 4.55. The van der Waals surface area contributed by atoms with E-state index in [-0.39, 0.29) is 12.2 Å². The number of hydrogen-bond acceptors (Lipinski definition) is 3. The summed E-state index contributed by atoms with van der Waals surface area (Å²) in [5.41, 5.74) is 3.12. The van der Waals surface area contributed by atoms with E-state index >= 15 is 0 Å². The largest absolute Gasteiger partial charge is 0.496 e. The minimum absolute atomic E-state index is 0.0362. The SMILES string of the molecule is COc1c(C)cnc(CC(=O)c2cc(Cl)ccc2Br)c1C. The van der Waals surface area contributed by atoms with Crippen LogP contribution in [0.2, 0.25) is 5.02 Å². The number of benzene rings is 1. The van der Waals surface area contributed by atoms with Gasteiger partial charge < -0.3 is 4.74 Å². The summed E-state index contributed by atoms with van der Waals surface area (Å²) in [5.74, 6) is 0.740. The van der Waals surface area contributed by atoms with Gasteiger partial charge in [0.25, 0.3) is 0 Å². The number of methoxy groups -OCH3 is 1.